The third kappa shape index (κ3) is 4.05. The summed E-state index contributed by atoms with van der Waals surface area (Å²) in [5.74, 6) is -0.434. The SMILES string of the molecule is Cc1ccc(C(=O)Nc2ccc(F)cc2)cc1NC1=N[C@@H]2CS(=O)(=O)C[C@@H]2S1. The zero-order valence-electron chi connectivity index (χ0n) is 15.0. The number of anilines is 2. The molecule has 28 heavy (non-hydrogen) atoms. The summed E-state index contributed by atoms with van der Waals surface area (Å²) in [7, 11) is -2.99. The molecular weight excluding hydrogens is 401 g/mol. The van der Waals surface area contributed by atoms with Crippen molar-refractivity contribution < 1.29 is 17.6 Å². The molecule has 2 atom stereocenters. The second-order valence-corrected chi connectivity index (χ2v) is 10.2. The van der Waals surface area contributed by atoms with Crippen LogP contribution in [0.2, 0.25) is 0 Å². The van der Waals surface area contributed by atoms with E-state index in [2.05, 4.69) is 15.6 Å². The van der Waals surface area contributed by atoms with Crippen molar-refractivity contribution in [2.24, 2.45) is 4.99 Å². The minimum atomic E-state index is -2.99. The molecule has 0 aromatic heterocycles. The maximum atomic E-state index is 13.0. The number of halogens is 1. The summed E-state index contributed by atoms with van der Waals surface area (Å²) < 4.78 is 36.4. The number of hydrogen-bond donors (Lipinski definition) is 2. The molecule has 4 rings (SSSR count). The normalized spacial score (nSPS) is 22.4. The first-order valence-corrected chi connectivity index (χ1v) is 11.4. The lowest BCUT2D eigenvalue weighted by molar-refractivity contribution is 0.102. The Morgan fingerprint density at radius 1 is 1.18 bits per heavy atom. The van der Waals surface area contributed by atoms with Crippen molar-refractivity contribution >= 4 is 44.0 Å². The number of nitrogens with zero attached hydrogens (tertiary/aromatic N) is 1. The van der Waals surface area contributed by atoms with Gasteiger partial charge in [-0.15, -0.1) is 0 Å². The Balaban J connectivity index is 1.48. The van der Waals surface area contributed by atoms with Gasteiger partial charge in [-0.3, -0.25) is 9.79 Å². The number of nitrogens with one attached hydrogen (secondary N) is 2. The van der Waals surface area contributed by atoms with Crippen molar-refractivity contribution in [2.45, 2.75) is 18.2 Å². The lowest BCUT2D eigenvalue weighted by atomic mass is 10.1. The van der Waals surface area contributed by atoms with Crippen molar-refractivity contribution in [3.8, 4) is 0 Å². The van der Waals surface area contributed by atoms with Crippen molar-refractivity contribution in [1.82, 2.24) is 0 Å². The number of carbonyl (C=O) groups is 1. The van der Waals surface area contributed by atoms with E-state index in [0.717, 1.165) is 11.3 Å². The van der Waals surface area contributed by atoms with Gasteiger partial charge >= 0.3 is 0 Å². The number of amides is 1. The van der Waals surface area contributed by atoms with E-state index >= 15 is 0 Å². The van der Waals surface area contributed by atoms with Crippen LogP contribution in [0, 0.1) is 12.7 Å². The number of sulfone groups is 1. The topological polar surface area (TPSA) is 87.6 Å². The summed E-state index contributed by atoms with van der Waals surface area (Å²) >= 11 is 1.43. The Hall–Kier alpha value is -2.39. The van der Waals surface area contributed by atoms with Crippen LogP contribution in [0.3, 0.4) is 0 Å². The van der Waals surface area contributed by atoms with E-state index in [9.17, 15) is 17.6 Å². The van der Waals surface area contributed by atoms with Gasteiger partial charge in [0.2, 0.25) is 0 Å². The third-order valence-electron chi connectivity index (χ3n) is 4.66. The summed E-state index contributed by atoms with van der Waals surface area (Å²) in [6.07, 6.45) is 0. The number of hydrogen-bond acceptors (Lipinski definition) is 6. The summed E-state index contributed by atoms with van der Waals surface area (Å²) in [5.41, 5.74) is 2.63. The predicted octanol–water partition coefficient (Wildman–Crippen LogP) is 3.07. The Morgan fingerprint density at radius 3 is 2.64 bits per heavy atom. The molecule has 0 unspecified atom stereocenters. The van der Waals surface area contributed by atoms with Crippen LogP contribution < -0.4 is 10.6 Å². The van der Waals surface area contributed by atoms with E-state index in [1.807, 2.05) is 13.0 Å². The molecule has 146 valence electrons. The molecule has 0 bridgehead atoms. The highest BCUT2D eigenvalue weighted by atomic mass is 32.2. The third-order valence-corrected chi connectivity index (χ3v) is 7.80. The minimum Gasteiger partial charge on any atom is -0.335 e. The maximum absolute atomic E-state index is 13.0. The van der Waals surface area contributed by atoms with E-state index in [0.29, 0.717) is 16.4 Å². The largest absolute Gasteiger partial charge is 0.335 e. The number of amidine groups is 1. The average molecular weight is 420 g/mol. The zero-order chi connectivity index (χ0) is 19.9. The van der Waals surface area contributed by atoms with Crippen LogP contribution in [0.5, 0.6) is 0 Å². The molecule has 2 N–H and O–H groups in total. The zero-order valence-corrected chi connectivity index (χ0v) is 16.6. The molecular formula is C19H18FN3O3S2. The van der Waals surface area contributed by atoms with Crippen molar-refractivity contribution in [3.63, 3.8) is 0 Å². The summed E-state index contributed by atoms with van der Waals surface area (Å²) in [6, 6.07) is 10.6. The van der Waals surface area contributed by atoms with Gasteiger partial charge < -0.3 is 10.6 Å². The van der Waals surface area contributed by atoms with Gasteiger partial charge in [-0.2, -0.15) is 0 Å². The highest BCUT2D eigenvalue weighted by molar-refractivity contribution is 8.15. The molecule has 0 aliphatic carbocycles. The van der Waals surface area contributed by atoms with E-state index < -0.39 is 9.84 Å². The number of aliphatic imine (C=N–C) groups is 1. The van der Waals surface area contributed by atoms with Gasteiger partial charge in [0, 0.05) is 22.2 Å². The summed E-state index contributed by atoms with van der Waals surface area (Å²) in [5, 5.41) is 6.58. The predicted molar refractivity (Wildman–Crippen MR) is 110 cm³/mol. The molecule has 2 aromatic carbocycles. The average Bonchev–Trinajstić information content (AvgIpc) is 3.11. The van der Waals surface area contributed by atoms with Crippen molar-refractivity contribution in [3.05, 3.63) is 59.4 Å². The second kappa shape index (κ2) is 7.21. The minimum absolute atomic E-state index is 0.0437. The van der Waals surface area contributed by atoms with Gasteiger partial charge in [0.15, 0.2) is 15.0 Å². The monoisotopic (exact) mass is 419 g/mol. The molecule has 0 radical (unpaired) electrons. The van der Waals surface area contributed by atoms with Gasteiger partial charge in [-0.1, -0.05) is 17.8 Å². The number of rotatable bonds is 3. The van der Waals surface area contributed by atoms with Crippen LogP contribution in [-0.2, 0) is 9.84 Å². The first kappa shape index (κ1) is 18.9. The summed E-state index contributed by atoms with van der Waals surface area (Å²) in [4.78, 5) is 17.0. The smallest absolute Gasteiger partial charge is 0.255 e. The molecule has 1 amide bonds. The van der Waals surface area contributed by atoms with Gasteiger partial charge in [-0.25, -0.2) is 12.8 Å². The molecule has 2 aliphatic rings. The number of thioether (sulfide) groups is 1. The highest BCUT2D eigenvalue weighted by Crippen LogP contribution is 2.35. The van der Waals surface area contributed by atoms with E-state index in [1.54, 1.807) is 12.1 Å². The number of benzene rings is 2. The van der Waals surface area contributed by atoms with Crippen LogP contribution in [-0.4, -0.2) is 42.3 Å². The van der Waals surface area contributed by atoms with E-state index in [4.69, 9.17) is 0 Å². The van der Waals surface area contributed by atoms with Crippen LogP contribution in [0.15, 0.2) is 47.5 Å². The fourth-order valence-electron chi connectivity index (χ4n) is 3.17. The van der Waals surface area contributed by atoms with Crippen LogP contribution in [0.25, 0.3) is 0 Å². The second-order valence-electron chi connectivity index (χ2n) is 6.85. The van der Waals surface area contributed by atoms with Crippen LogP contribution in [0.1, 0.15) is 15.9 Å². The lowest BCUT2D eigenvalue weighted by Crippen LogP contribution is -2.14. The van der Waals surface area contributed by atoms with Gasteiger partial charge in [0.1, 0.15) is 5.82 Å². The number of fused-ring (bicyclic) bond motifs is 1. The Labute approximate surface area is 166 Å². The number of aryl methyl sites for hydroxylation is 1. The molecule has 6 nitrogen and oxygen atoms in total. The van der Waals surface area contributed by atoms with Crippen molar-refractivity contribution in [1.29, 1.82) is 0 Å². The van der Waals surface area contributed by atoms with Gasteiger partial charge in [-0.05, 0) is 48.9 Å². The fourth-order valence-corrected chi connectivity index (χ4v) is 6.83. The Kier molecular flexibility index (Phi) is 4.88. The van der Waals surface area contributed by atoms with Gasteiger partial charge in [0.05, 0.1) is 17.5 Å². The van der Waals surface area contributed by atoms with Crippen LogP contribution in [0.4, 0.5) is 15.8 Å². The van der Waals surface area contributed by atoms with Gasteiger partial charge in [0.25, 0.3) is 5.91 Å². The molecule has 2 heterocycles. The lowest BCUT2D eigenvalue weighted by Gasteiger charge is -2.12. The molecule has 0 saturated carbocycles. The number of carbonyl (C=O) groups excluding carboxylic acids is 1. The maximum Gasteiger partial charge on any atom is 0.255 e. The van der Waals surface area contributed by atoms with Crippen LogP contribution >= 0.6 is 11.8 Å². The highest BCUT2D eigenvalue weighted by Gasteiger charge is 2.42. The molecule has 0 spiro atoms. The quantitative estimate of drug-likeness (QED) is 0.798. The van der Waals surface area contributed by atoms with Crippen molar-refractivity contribution in [2.75, 3.05) is 22.1 Å². The fraction of sp³-hybridized carbons (Fsp3) is 0.263. The first-order chi connectivity index (χ1) is 13.3. The molecule has 1 saturated heterocycles. The van der Waals surface area contributed by atoms with E-state index in [1.165, 1.54) is 36.0 Å². The molecule has 2 aromatic rings. The van der Waals surface area contributed by atoms with E-state index in [-0.39, 0.29) is 34.5 Å². The summed E-state index contributed by atoms with van der Waals surface area (Å²) in [6.45, 7) is 1.91. The molecule has 1 fully saturated rings. The molecule has 9 heteroatoms. The first-order valence-electron chi connectivity index (χ1n) is 8.68. The molecule has 2 aliphatic heterocycles. The standard InChI is InChI=1S/C19H18FN3O3S2/c1-11-2-3-12(18(24)21-14-6-4-13(20)5-7-14)8-15(11)22-19-23-16-9-28(25,26)10-17(16)27-19/h2-8,16-17H,9-10H2,1H3,(H,21,24)(H,22,23)/t16-,17+/m1/s1. The Bertz CT molecular complexity index is 1070. The Morgan fingerprint density at radius 2 is 1.93 bits per heavy atom.